The number of hydrogen-bond donors (Lipinski definition) is 1. The van der Waals surface area contributed by atoms with Crippen LogP contribution in [0.5, 0.6) is 17.2 Å². The number of ether oxygens (including phenoxy) is 3. The molecule has 0 aliphatic heterocycles. The lowest BCUT2D eigenvalue weighted by molar-refractivity contribution is -0.119. The van der Waals surface area contributed by atoms with Crippen molar-refractivity contribution in [2.75, 3.05) is 27.1 Å². The first-order valence-electron chi connectivity index (χ1n) is 11.2. The number of methoxy groups -OCH3 is 3. The molecular weight excluding hydrogens is 454 g/mol. The van der Waals surface area contributed by atoms with Crippen LogP contribution in [0.4, 0.5) is 0 Å². The molecule has 0 saturated heterocycles. The van der Waals surface area contributed by atoms with Gasteiger partial charge in [0.1, 0.15) is 0 Å². The number of aromatic nitrogens is 2. The van der Waals surface area contributed by atoms with Gasteiger partial charge in [0, 0.05) is 5.56 Å². The molecule has 1 aliphatic rings. The van der Waals surface area contributed by atoms with Crippen LogP contribution >= 0.6 is 11.8 Å². The van der Waals surface area contributed by atoms with Gasteiger partial charge in [0.15, 0.2) is 11.5 Å². The van der Waals surface area contributed by atoms with Crippen molar-refractivity contribution in [3.05, 3.63) is 47.0 Å². The van der Waals surface area contributed by atoms with Crippen molar-refractivity contribution in [2.45, 2.75) is 43.9 Å². The van der Waals surface area contributed by atoms with E-state index in [2.05, 4.69) is 33.7 Å². The normalized spacial score (nSPS) is 13.6. The van der Waals surface area contributed by atoms with Crippen LogP contribution in [0.15, 0.2) is 40.0 Å². The Bertz CT molecular complexity index is 1140. The molecule has 2 aromatic carbocycles. The molecule has 1 N–H and O–H groups in total. The zero-order valence-corrected chi connectivity index (χ0v) is 20.7. The van der Waals surface area contributed by atoms with Crippen LogP contribution in [0.2, 0.25) is 0 Å². The maximum Gasteiger partial charge on any atom is 0.277 e. The number of carbonyl (C=O) groups excluding carboxylic acids is 1. The minimum Gasteiger partial charge on any atom is -0.493 e. The Morgan fingerprint density at radius 1 is 1.03 bits per heavy atom. The van der Waals surface area contributed by atoms with E-state index in [1.807, 2.05) is 6.92 Å². The molecule has 4 rings (SSSR count). The molecule has 1 aliphatic carbocycles. The number of amides is 1. The fraction of sp³-hybridized carbons (Fsp3) is 0.400. The van der Waals surface area contributed by atoms with E-state index >= 15 is 0 Å². The highest BCUT2D eigenvalue weighted by Gasteiger charge is 2.19. The molecule has 1 amide bonds. The molecule has 0 saturated carbocycles. The molecule has 3 aromatic rings. The summed E-state index contributed by atoms with van der Waals surface area (Å²) in [5.41, 5.74) is 4.59. The number of nitrogens with zero attached hydrogens (tertiary/aromatic N) is 2. The van der Waals surface area contributed by atoms with Crippen molar-refractivity contribution >= 4 is 17.7 Å². The second-order valence-corrected chi connectivity index (χ2v) is 9.03. The second-order valence-electron chi connectivity index (χ2n) is 8.10. The Morgan fingerprint density at radius 2 is 1.74 bits per heavy atom. The highest BCUT2D eigenvalue weighted by molar-refractivity contribution is 7.99. The predicted octanol–water partition coefficient (Wildman–Crippen LogP) is 4.61. The topological polar surface area (TPSA) is 95.7 Å². The van der Waals surface area contributed by atoms with Crippen molar-refractivity contribution in [3.8, 4) is 28.7 Å². The average Bonchev–Trinajstić information content (AvgIpc) is 3.35. The van der Waals surface area contributed by atoms with Crippen LogP contribution in [0.25, 0.3) is 11.5 Å². The zero-order valence-electron chi connectivity index (χ0n) is 19.8. The summed E-state index contributed by atoms with van der Waals surface area (Å²) < 4.78 is 21.9. The van der Waals surface area contributed by atoms with E-state index in [4.69, 9.17) is 18.6 Å². The van der Waals surface area contributed by atoms with Gasteiger partial charge in [-0.05, 0) is 61.4 Å². The first kappa shape index (κ1) is 23.9. The molecule has 1 atom stereocenters. The molecule has 0 unspecified atom stereocenters. The number of aryl methyl sites for hydroxylation is 2. The van der Waals surface area contributed by atoms with Gasteiger partial charge in [0.05, 0.1) is 33.1 Å². The monoisotopic (exact) mass is 483 g/mol. The molecule has 0 bridgehead atoms. The number of hydrogen-bond acceptors (Lipinski definition) is 8. The Morgan fingerprint density at radius 3 is 2.41 bits per heavy atom. The fourth-order valence-corrected chi connectivity index (χ4v) is 4.68. The van der Waals surface area contributed by atoms with Crippen molar-refractivity contribution < 1.29 is 23.4 Å². The first-order chi connectivity index (χ1) is 16.5. The average molecular weight is 484 g/mol. The largest absolute Gasteiger partial charge is 0.493 e. The van der Waals surface area contributed by atoms with Crippen LogP contribution in [0.1, 0.15) is 42.5 Å². The molecule has 0 radical (unpaired) electrons. The van der Waals surface area contributed by atoms with Gasteiger partial charge in [-0.3, -0.25) is 4.79 Å². The minimum absolute atomic E-state index is 0.0715. The Balaban J connectivity index is 1.37. The summed E-state index contributed by atoms with van der Waals surface area (Å²) in [4.78, 5) is 12.5. The van der Waals surface area contributed by atoms with E-state index in [0.29, 0.717) is 33.9 Å². The van der Waals surface area contributed by atoms with Gasteiger partial charge in [0.25, 0.3) is 5.22 Å². The molecule has 34 heavy (non-hydrogen) atoms. The highest BCUT2D eigenvalue weighted by atomic mass is 32.2. The highest BCUT2D eigenvalue weighted by Crippen LogP contribution is 2.41. The number of benzene rings is 2. The number of thioether (sulfide) groups is 1. The standard InChI is InChI=1S/C25H29N3O5S/c1-15(17-10-9-16-7-5-6-8-18(16)11-17)26-22(29)14-34-25-28-27-24(33-25)19-12-20(30-2)23(32-4)21(13-19)31-3/h9-13,15H,5-8,14H2,1-4H3,(H,26,29)/t15-/m1/s1. The zero-order chi connectivity index (χ0) is 24.1. The number of carbonyl (C=O) groups is 1. The number of fused-ring (bicyclic) bond motifs is 1. The van der Waals surface area contributed by atoms with Gasteiger partial charge in [-0.1, -0.05) is 30.0 Å². The van der Waals surface area contributed by atoms with Crippen molar-refractivity contribution in [1.29, 1.82) is 0 Å². The van der Waals surface area contributed by atoms with Crippen molar-refractivity contribution in [3.63, 3.8) is 0 Å². The molecule has 180 valence electrons. The smallest absolute Gasteiger partial charge is 0.277 e. The summed E-state index contributed by atoms with van der Waals surface area (Å²) in [6, 6.07) is 9.94. The van der Waals surface area contributed by atoms with E-state index in [1.165, 1.54) is 35.7 Å². The number of rotatable bonds is 9. The summed E-state index contributed by atoms with van der Waals surface area (Å²) in [5, 5.41) is 11.5. The molecule has 1 aromatic heterocycles. The van der Waals surface area contributed by atoms with E-state index in [-0.39, 0.29) is 17.7 Å². The van der Waals surface area contributed by atoms with Crippen LogP contribution in [0, 0.1) is 0 Å². The van der Waals surface area contributed by atoms with Crippen LogP contribution in [-0.2, 0) is 17.6 Å². The van der Waals surface area contributed by atoms with E-state index in [9.17, 15) is 4.79 Å². The predicted molar refractivity (Wildman–Crippen MR) is 130 cm³/mol. The molecule has 1 heterocycles. The van der Waals surface area contributed by atoms with Crippen LogP contribution in [-0.4, -0.2) is 43.2 Å². The Kier molecular flexibility index (Phi) is 7.62. The summed E-state index contributed by atoms with van der Waals surface area (Å²) in [7, 11) is 4.62. The maximum absolute atomic E-state index is 12.5. The summed E-state index contributed by atoms with van der Waals surface area (Å²) >= 11 is 1.19. The second kappa shape index (κ2) is 10.8. The minimum atomic E-state index is -0.0947. The van der Waals surface area contributed by atoms with Gasteiger partial charge in [-0.2, -0.15) is 0 Å². The Labute approximate surface area is 203 Å². The van der Waals surface area contributed by atoms with Crippen LogP contribution in [0.3, 0.4) is 0 Å². The van der Waals surface area contributed by atoms with Gasteiger partial charge in [-0.15, -0.1) is 10.2 Å². The quantitative estimate of drug-likeness (QED) is 0.441. The SMILES string of the molecule is COc1cc(-c2nnc(SCC(=O)N[C@H](C)c3ccc4c(c3)CCCC4)o2)cc(OC)c1OC. The molecular formula is C25H29N3O5S. The lowest BCUT2D eigenvalue weighted by Crippen LogP contribution is -2.28. The first-order valence-corrected chi connectivity index (χ1v) is 12.2. The summed E-state index contributed by atoms with van der Waals surface area (Å²) in [5.74, 6) is 1.83. The van der Waals surface area contributed by atoms with E-state index < -0.39 is 0 Å². The molecule has 0 fully saturated rings. The summed E-state index contributed by atoms with van der Waals surface area (Å²) in [6.07, 6.45) is 4.75. The van der Waals surface area contributed by atoms with Gasteiger partial charge in [0.2, 0.25) is 17.5 Å². The summed E-state index contributed by atoms with van der Waals surface area (Å²) in [6.45, 7) is 2.00. The maximum atomic E-state index is 12.5. The molecule has 9 heteroatoms. The third-order valence-corrected chi connectivity index (χ3v) is 6.71. The van der Waals surface area contributed by atoms with Gasteiger partial charge >= 0.3 is 0 Å². The molecule has 0 spiro atoms. The van der Waals surface area contributed by atoms with E-state index in [1.54, 1.807) is 33.5 Å². The Hall–Kier alpha value is -3.20. The number of nitrogens with one attached hydrogen (secondary N) is 1. The lowest BCUT2D eigenvalue weighted by atomic mass is 9.89. The van der Waals surface area contributed by atoms with Crippen LogP contribution < -0.4 is 19.5 Å². The third kappa shape index (κ3) is 5.30. The third-order valence-electron chi connectivity index (χ3n) is 5.89. The van der Waals surface area contributed by atoms with Gasteiger partial charge in [-0.25, -0.2) is 0 Å². The molecule has 8 nitrogen and oxygen atoms in total. The van der Waals surface area contributed by atoms with E-state index in [0.717, 1.165) is 18.4 Å². The van der Waals surface area contributed by atoms with Gasteiger partial charge < -0.3 is 23.9 Å². The fourth-order valence-electron chi connectivity index (χ4n) is 4.11. The van der Waals surface area contributed by atoms with Crippen molar-refractivity contribution in [2.24, 2.45) is 0 Å². The van der Waals surface area contributed by atoms with Crippen molar-refractivity contribution in [1.82, 2.24) is 15.5 Å². The lowest BCUT2D eigenvalue weighted by Gasteiger charge is -2.20.